The van der Waals surface area contributed by atoms with Gasteiger partial charge in [-0.25, -0.2) is 0 Å². The zero-order valence-electron chi connectivity index (χ0n) is 10.8. The van der Waals surface area contributed by atoms with Crippen molar-refractivity contribution in [1.82, 2.24) is 5.32 Å². The molecule has 0 radical (unpaired) electrons. The summed E-state index contributed by atoms with van der Waals surface area (Å²) in [7, 11) is 2.05. The lowest BCUT2D eigenvalue weighted by atomic mass is 10.0. The van der Waals surface area contributed by atoms with Crippen molar-refractivity contribution >= 4 is 22.7 Å². The molecule has 0 saturated carbocycles. The Labute approximate surface area is 112 Å². The van der Waals surface area contributed by atoms with Crippen LogP contribution in [0.15, 0.2) is 17.5 Å². The van der Waals surface area contributed by atoms with Gasteiger partial charge in [-0.15, -0.1) is 22.7 Å². The molecule has 0 bridgehead atoms. The number of nitrogens with one attached hydrogen (secondary N) is 1. The fourth-order valence-electron chi connectivity index (χ4n) is 2.26. The second-order valence-corrected chi connectivity index (χ2v) is 6.66. The number of aryl methyl sites for hydroxylation is 3. The molecule has 0 aliphatic carbocycles. The number of rotatable bonds is 4. The highest BCUT2D eigenvalue weighted by Gasteiger charge is 2.19. The molecule has 1 nitrogen and oxygen atoms in total. The maximum atomic E-state index is 3.47. The summed E-state index contributed by atoms with van der Waals surface area (Å²) in [5.74, 6) is 0. The maximum Gasteiger partial charge on any atom is 0.0682 e. The highest BCUT2D eigenvalue weighted by molar-refractivity contribution is 7.12. The van der Waals surface area contributed by atoms with Gasteiger partial charge in [0, 0.05) is 14.6 Å². The Kier molecular flexibility index (Phi) is 4.02. The summed E-state index contributed by atoms with van der Waals surface area (Å²) in [6.07, 6.45) is 1.11. The van der Waals surface area contributed by atoms with E-state index in [-0.39, 0.29) is 0 Å². The molecule has 2 aromatic heterocycles. The highest BCUT2D eigenvalue weighted by atomic mass is 32.1. The molecule has 2 aromatic rings. The Morgan fingerprint density at radius 1 is 1.35 bits per heavy atom. The second kappa shape index (κ2) is 5.34. The van der Waals surface area contributed by atoms with Crippen LogP contribution in [0.4, 0.5) is 0 Å². The molecular formula is C14H19NS2. The van der Waals surface area contributed by atoms with Gasteiger partial charge >= 0.3 is 0 Å². The first-order chi connectivity index (χ1) is 8.17. The van der Waals surface area contributed by atoms with Gasteiger partial charge in [0.25, 0.3) is 0 Å². The third-order valence-electron chi connectivity index (χ3n) is 3.10. The summed E-state index contributed by atoms with van der Waals surface area (Å²) in [5.41, 5.74) is 2.91. The van der Waals surface area contributed by atoms with E-state index >= 15 is 0 Å². The largest absolute Gasteiger partial charge is 0.309 e. The first-order valence-electron chi connectivity index (χ1n) is 5.97. The lowest BCUT2D eigenvalue weighted by molar-refractivity contribution is 0.696. The van der Waals surface area contributed by atoms with Crippen molar-refractivity contribution in [3.63, 3.8) is 0 Å². The van der Waals surface area contributed by atoms with E-state index in [9.17, 15) is 0 Å². The molecule has 1 N–H and O–H groups in total. The zero-order valence-corrected chi connectivity index (χ0v) is 12.5. The van der Waals surface area contributed by atoms with E-state index in [1.807, 2.05) is 22.7 Å². The fraction of sp³-hybridized carbons (Fsp3) is 0.429. The molecule has 1 unspecified atom stereocenters. The van der Waals surface area contributed by atoms with Crippen LogP contribution < -0.4 is 5.32 Å². The van der Waals surface area contributed by atoms with Crippen molar-refractivity contribution in [2.45, 2.75) is 33.2 Å². The van der Waals surface area contributed by atoms with Crippen LogP contribution in [0.2, 0.25) is 0 Å². The summed E-state index contributed by atoms with van der Waals surface area (Å²) >= 11 is 3.75. The van der Waals surface area contributed by atoms with Gasteiger partial charge < -0.3 is 5.32 Å². The average Bonchev–Trinajstić information content (AvgIpc) is 2.88. The number of thiophene rings is 2. The van der Waals surface area contributed by atoms with Crippen molar-refractivity contribution in [3.8, 4) is 0 Å². The molecule has 0 aliphatic rings. The summed E-state index contributed by atoms with van der Waals surface area (Å²) < 4.78 is 0. The quantitative estimate of drug-likeness (QED) is 0.869. The predicted molar refractivity (Wildman–Crippen MR) is 78.4 cm³/mol. The van der Waals surface area contributed by atoms with Crippen molar-refractivity contribution in [2.24, 2.45) is 0 Å². The molecule has 0 fully saturated rings. The van der Waals surface area contributed by atoms with E-state index in [4.69, 9.17) is 0 Å². The summed E-state index contributed by atoms with van der Waals surface area (Å²) in [6.45, 7) is 6.63. The minimum absolute atomic E-state index is 0.356. The highest BCUT2D eigenvalue weighted by Crippen LogP contribution is 2.34. The summed E-state index contributed by atoms with van der Waals surface area (Å²) in [6, 6.07) is 4.93. The van der Waals surface area contributed by atoms with Crippen molar-refractivity contribution in [2.75, 3.05) is 7.05 Å². The molecule has 1 atom stereocenters. The van der Waals surface area contributed by atoms with E-state index in [2.05, 4.69) is 50.6 Å². The van der Waals surface area contributed by atoms with Crippen LogP contribution >= 0.6 is 22.7 Å². The van der Waals surface area contributed by atoms with Gasteiger partial charge in [-0.2, -0.15) is 0 Å². The summed E-state index contributed by atoms with van der Waals surface area (Å²) in [4.78, 5) is 4.29. The van der Waals surface area contributed by atoms with Gasteiger partial charge in [-0.05, 0) is 56.0 Å². The molecule has 2 rings (SSSR count). The lowest BCUT2D eigenvalue weighted by Gasteiger charge is -2.16. The first kappa shape index (κ1) is 12.8. The summed E-state index contributed by atoms with van der Waals surface area (Å²) in [5, 5.41) is 5.67. The van der Waals surface area contributed by atoms with Crippen LogP contribution in [0.3, 0.4) is 0 Å². The monoisotopic (exact) mass is 265 g/mol. The maximum absolute atomic E-state index is 3.47. The van der Waals surface area contributed by atoms with Gasteiger partial charge in [0.2, 0.25) is 0 Å². The molecule has 92 valence electrons. The minimum Gasteiger partial charge on any atom is -0.309 e. The Bertz CT molecular complexity index is 496. The second-order valence-electron chi connectivity index (χ2n) is 4.25. The van der Waals surface area contributed by atoms with E-state index in [1.165, 1.54) is 25.8 Å². The van der Waals surface area contributed by atoms with Gasteiger partial charge in [0.15, 0.2) is 0 Å². The Morgan fingerprint density at radius 2 is 2.12 bits per heavy atom. The Morgan fingerprint density at radius 3 is 2.65 bits per heavy atom. The minimum atomic E-state index is 0.356. The fourth-order valence-corrected chi connectivity index (χ4v) is 4.34. The number of hydrogen-bond donors (Lipinski definition) is 1. The molecule has 0 saturated heterocycles. The van der Waals surface area contributed by atoms with E-state index in [0.717, 1.165) is 6.42 Å². The molecule has 0 amide bonds. The lowest BCUT2D eigenvalue weighted by Crippen LogP contribution is -2.17. The van der Waals surface area contributed by atoms with Crippen molar-refractivity contribution < 1.29 is 0 Å². The molecule has 2 heterocycles. The van der Waals surface area contributed by atoms with E-state index < -0.39 is 0 Å². The molecule has 0 aromatic carbocycles. The van der Waals surface area contributed by atoms with Crippen molar-refractivity contribution in [3.05, 3.63) is 43.3 Å². The molecular weight excluding hydrogens is 246 g/mol. The van der Waals surface area contributed by atoms with Crippen molar-refractivity contribution in [1.29, 1.82) is 0 Å². The van der Waals surface area contributed by atoms with Crippen LogP contribution in [0.5, 0.6) is 0 Å². The van der Waals surface area contributed by atoms with Gasteiger partial charge in [-0.3, -0.25) is 0 Å². The van der Waals surface area contributed by atoms with E-state index in [1.54, 1.807) is 0 Å². The standard InChI is InChI=1S/C14H19NS2/c1-5-11-6-7-16-14(11)13(15-4)12-8-9(2)17-10(12)3/h6-8,13,15H,5H2,1-4H3. The first-order valence-corrected chi connectivity index (χ1v) is 7.67. The number of hydrogen-bond acceptors (Lipinski definition) is 3. The third kappa shape index (κ3) is 2.46. The SMILES string of the molecule is CCc1ccsc1C(NC)c1cc(C)sc1C. The van der Waals surface area contributed by atoms with Crippen LogP contribution in [0.1, 0.15) is 38.7 Å². The Hall–Kier alpha value is -0.640. The van der Waals surface area contributed by atoms with Crippen LogP contribution in [-0.2, 0) is 6.42 Å². The van der Waals surface area contributed by atoms with Crippen LogP contribution in [0.25, 0.3) is 0 Å². The van der Waals surface area contributed by atoms with Gasteiger partial charge in [-0.1, -0.05) is 6.92 Å². The van der Waals surface area contributed by atoms with Gasteiger partial charge in [0.05, 0.1) is 6.04 Å². The van der Waals surface area contributed by atoms with E-state index in [0.29, 0.717) is 6.04 Å². The predicted octanol–water partition coefficient (Wildman–Crippen LogP) is 4.30. The molecule has 0 spiro atoms. The molecule has 17 heavy (non-hydrogen) atoms. The smallest absolute Gasteiger partial charge is 0.0682 e. The third-order valence-corrected chi connectivity index (χ3v) is 5.11. The topological polar surface area (TPSA) is 12.0 Å². The zero-order chi connectivity index (χ0) is 12.4. The normalized spacial score (nSPS) is 12.9. The Balaban J connectivity index is 2.43. The molecule has 0 aliphatic heterocycles. The van der Waals surface area contributed by atoms with Crippen LogP contribution in [-0.4, -0.2) is 7.05 Å². The van der Waals surface area contributed by atoms with Gasteiger partial charge in [0.1, 0.15) is 0 Å². The average molecular weight is 265 g/mol. The van der Waals surface area contributed by atoms with Crippen LogP contribution in [0, 0.1) is 13.8 Å². The molecule has 3 heteroatoms.